The molecule has 0 unspecified atom stereocenters. The number of aliphatic hydroxyl groups is 1. The third-order valence-corrected chi connectivity index (χ3v) is 12.2. The Morgan fingerprint density at radius 3 is 1.58 bits per heavy atom. The van der Waals surface area contributed by atoms with Crippen molar-refractivity contribution < 1.29 is 35.5 Å². The first-order chi connectivity index (χ1) is 28.2. The van der Waals surface area contributed by atoms with Crippen LogP contribution in [0.1, 0.15) is 86.7 Å². The van der Waals surface area contributed by atoms with Crippen molar-refractivity contribution in [3.05, 3.63) is 137 Å². The van der Waals surface area contributed by atoms with E-state index in [0.29, 0.717) is 0 Å². The van der Waals surface area contributed by atoms with Crippen molar-refractivity contribution in [2.75, 3.05) is 0 Å². The molecule has 4 aromatic carbocycles. The van der Waals surface area contributed by atoms with Crippen LogP contribution in [-0.4, -0.2) is 28.9 Å². The fourth-order valence-corrected chi connectivity index (χ4v) is 8.09. The zero-order valence-electron chi connectivity index (χ0n) is 39.9. The number of benzene rings is 4. The summed E-state index contributed by atoms with van der Waals surface area (Å²) in [6.45, 7) is 25.0. The molecular weight excluding hydrogens is 893 g/mol. The molecular formula is C51H62IrN2O2Si-2. The van der Waals surface area contributed by atoms with Gasteiger partial charge in [0.15, 0.2) is 5.78 Å². The van der Waals surface area contributed by atoms with Crippen LogP contribution in [0.3, 0.4) is 0 Å². The molecule has 6 aromatic rings. The van der Waals surface area contributed by atoms with E-state index in [-0.39, 0.29) is 67.9 Å². The summed E-state index contributed by atoms with van der Waals surface area (Å²) in [5.74, 6) is 0.547. The largest absolute Gasteiger partial charge is 0.512 e. The van der Waals surface area contributed by atoms with Gasteiger partial charge in [0.1, 0.15) is 0 Å². The van der Waals surface area contributed by atoms with Crippen molar-refractivity contribution in [1.82, 2.24) is 9.97 Å². The number of rotatable bonds is 10. The summed E-state index contributed by atoms with van der Waals surface area (Å²) in [5.41, 5.74) is 8.74. The normalized spacial score (nSPS) is 12.5. The van der Waals surface area contributed by atoms with Gasteiger partial charge in [0.2, 0.25) is 0 Å². The molecule has 2 heterocycles. The molecule has 0 bridgehead atoms. The molecule has 0 aliphatic heterocycles. The third-order valence-electron chi connectivity index (χ3n) is 10.2. The molecule has 0 aliphatic rings. The first kappa shape index (κ1) is 41.0. The van der Waals surface area contributed by atoms with Gasteiger partial charge in [0.25, 0.3) is 0 Å². The number of ketones is 1. The summed E-state index contributed by atoms with van der Waals surface area (Å²) in [6, 6.07) is 27.5. The molecule has 6 rings (SSSR count). The third kappa shape index (κ3) is 12.9. The van der Waals surface area contributed by atoms with Gasteiger partial charge in [-0.2, -0.15) is 0 Å². The number of fused-ring (bicyclic) bond motifs is 2. The van der Waals surface area contributed by atoms with Crippen LogP contribution >= 0.6 is 0 Å². The van der Waals surface area contributed by atoms with Gasteiger partial charge in [-0.05, 0) is 77.6 Å². The Labute approximate surface area is 363 Å². The molecule has 0 amide bonds. The smallest absolute Gasteiger partial charge is 0.162 e. The maximum absolute atomic E-state index is 11.7. The van der Waals surface area contributed by atoms with Crippen LogP contribution in [0.25, 0.3) is 44.1 Å². The van der Waals surface area contributed by atoms with Gasteiger partial charge >= 0.3 is 0 Å². The van der Waals surface area contributed by atoms with Gasteiger partial charge in [0, 0.05) is 50.4 Å². The van der Waals surface area contributed by atoms with Crippen molar-refractivity contribution >= 4 is 40.6 Å². The standard InChI is InChI=1S/C20H22NSi.C18H16N.C13H24O2.Ir/c1-14-10-15(2)12-17(11-14)20-19-7-6-18(22(3,4)5)13-16(19)8-9-21-20;1-12-4-5-17-15(9-12)6-7-19-18(17)16-10-13(2)8-14(3)11-16;1-5-10(6-2)12(14)9-13(15)11(7-3)8-4;/h6-11,13H,1-5H3;4-10H,1-3H3;9-11,14H,5-8H2,1-4H3;/q2*-1;;/b;;12-9-;/i8D,9D;6D,7D;;. The summed E-state index contributed by atoms with van der Waals surface area (Å²) in [5, 5.41) is 14.5. The SMILES string of the molecule is CCC(CC)C(=O)/C=C(\O)C(CC)CC.[2H]c1nc(-c2[c-]c(C)cc(C)c2)c2ccc(C)cc2c1[2H].[2H]c1nc(-c2[c-]c(C)cc(C)c2)c2ccc([Si](C)(C)C)cc2c1[2H].[Ir]. The second-order valence-corrected chi connectivity index (χ2v) is 21.0. The molecule has 1 radical (unpaired) electrons. The van der Waals surface area contributed by atoms with Crippen LogP contribution < -0.4 is 5.19 Å². The summed E-state index contributed by atoms with van der Waals surface area (Å²) < 4.78 is 32.4. The predicted molar refractivity (Wildman–Crippen MR) is 243 cm³/mol. The Kier molecular flexibility index (Phi) is 15.5. The number of allylic oxidation sites excluding steroid dienone is 2. The predicted octanol–water partition coefficient (Wildman–Crippen LogP) is 13.4. The summed E-state index contributed by atoms with van der Waals surface area (Å²) >= 11 is 0. The second-order valence-electron chi connectivity index (χ2n) is 16.0. The van der Waals surface area contributed by atoms with Crippen LogP contribution in [0.2, 0.25) is 19.6 Å². The Morgan fingerprint density at radius 2 is 1.14 bits per heavy atom. The van der Waals surface area contributed by atoms with Gasteiger partial charge in [-0.25, -0.2) is 0 Å². The number of aryl methyl sites for hydroxylation is 5. The van der Waals surface area contributed by atoms with E-state index < -0.39 is 8.07 Å². The number of hydrogen-bond donors (Lipinski definition) is 1. The van der Waals surface area contributed by atoms with Crippen LogP contribution in [0.4, 0.5) is 0 Å². The molecule has 0 atom stereocenters. The fraction of sp³-hybridized carbons (Fsp3) is 0.353. The molecule has 0 saturated heterocycles. The van der Waals surface area contributed by atoms with E-state index in [1.54, 1.807) is 0 Å². The maximum atomic E-state index is 11.7. The van der Waals surface area contributed by atoms with E-state index in [0.717, 1.165) is 97.6 Å². The van der Waals surface area contributed by atoms with E-state index in [9.17, 15) is 9.90 Å². The minimum atomic E-state index is -1.48. The average molecular weight is 959 g/mol. The maximum Gasteiger partial charge on any atom is 0.162 e. The summed E-state index contributed by atoms with van der Waals surface area (Å²) in [6.07, 6.45) is 4.94. The van der Waals surface area contributed by atoms with Gasteiger partial charge in [-0.3, -0.25) is 4.79 Å². The van der Waals surface area contributed by atoms with Crippen LogP contribution in [0, 0.1) is 58.6 Å². The number of carbonyl (C=O) groups is 1. The van der Waals surface area contributed by atoms with E-state index in [1.165, 1.54) is 11.3 Å². The van der Waals surface area contributed by atoms with Crippen molar-refractivity contribution in [2.24, 2.45) is 11.8 Å². The number of hydrogen-bond acceptors (Lipinski definition) is 4. The van der Waals surface area contributed by atoms with Crippen LogP contribution in [0.15, 0.2) is 96.9 Å². The number of aromatic nitrogens is 2. The second kappa shape index (κ2) is 21.5. The van der Waals surface area contributed by atoms with Crippen LogP contribution in [0.5, 0.6) is 0 Å². The van der Waals surface area contributed by atoms with Gasteiger partial charge in [0.05, 0.1) is 19.3 Å². The quantitative estimate of drug-likeness (QED) is 0.0643. The summed E-state index contributed by atoms with van der Waals surface area (Å²) in [4.78, 5) is 20.5. The van der Waals surface area contributed by atoms with E-state index in [4.69, 9.17) is 5.48 Å². The zero-order chi connectivity index (χ0) is 44.6. The van der Waals surface area contributed by atoms with Crippen molar-refractivity contribution in [3.8, 4) is 22.5 Å². The Balaban J connectivity index is 0.000000249. The molecule has 0 spiro atoms. The monoisotopic (exact) mass is 959 g/mol. The van der Waals surface area contributed by atoms with Crippen molar-refractivity contribution in [2.45, 2.75) is 108 Å². The Hall–Kier alpha value is -4.22. The number of pyridine rings is 2. The molecule has 6 heteroatoms. The Bertz CT molecular complexity index is 2480. The van der Waals surface area contributed by atoms with Crippen molar-refractivity contribution in [1.29, 1.82) is 0 Å². The molecule has 303 valence electrons. The zero-order valence-corrected chi connectivity index (χ0v) is 39.3. The summed E-state index contributed by atoms with van der Waals surface area (Å²) in [7, 11) is -1.48. The van der Waals surface area contributed by atoms with E-state index in [1.807, 2.05) is 85.7 Å². The molecule has 0 fully saturated rings. The topological polar surface area (TPSA) is 63.1 Å². The Morgan fingerprint density at radius 1 is 0.684 bits per heavy atom. The first-order valence-corrected chi connectivity index (χ1v) is 23.5. The number of nitrogens with zero attached hydrogens (tertiary/aromatic N) is 2. The molecule has 0 saturated carbocycles. The number of carbonyl (C=O) groups excluding carboxylic acids is 1. The average Bonchev–Trinajstić information content (AvgIpc) is 3.18. The van der Waals surface area contributed by atoms with Crippen molar-refractivity contribution in [3.63, 3.8) is 0 Å². The molecule has 0 aliphatic carbocycles. The van der Waals surface area contributed by atoms with Crippen LogP contribution in [-0.2, 0) is 24.9 Å². The number of aliphatic hydroxyl groups excluding tert-OH is 1. The molecule has 2 aromatic heterocycles. The first-order valence-electron chi connectivity index (χ1n) is 22.0. The molecule has 4 nitrogen and oxygen atoms in total. The fourth-order valence-electron chi connectivity index (χ4n) is 6.93. The van der Waals surface area contributed by atoms with Gasteiger partial charge in [-0.1, -0.05) is 122 Å². The van der Waals surface area contributed by atoms with E-state index in [2.05, 4.69) is 79.0 Å². The minimum absolute atomic E-state index is 0. The molecule has 1 N–H and O–H groups in total. The van der Waals surface area contributed by atoms with Gasteiger partial charge < -0.3 is 15.1 Å². The van der Waals surface area contributed by atoms with E-state index >= 15 is 0 Å². The van der Waals surface area contributed by atoms with Gasteiger partial charge in [-0.15, -0.1) is 69.8 Å². The molecule has 57 heavy (non-hydrogen) atoms. The minimum Gasteiger partial charge on any atom is -0.512 e.